The summed E-state index contributed by atoms with van der Waals surface area (Å²) in [6, 6.07) is 1.73. The van der Waals surface area contributed by atoms with Crippen molar-refractivity contribution in [3.8, 4) is 0 Å². The first-order valence-corrected chi connectivity index (χ1v) is 4.69. The fourth-order valence-corrected chi connectivity index (χ4v) is 1.13. The maximum atomic E-state index is 11.6. The van der Waals surface area contributed by atoms with Gasteiger partial charge in [-0.25, -0.2) is 0 Å². The largest absolute Gasteiger partial charge is 0.319 e. The van der Waals surface area contributed by atoms with Crippen molar-refractivity contribution in [3.05, 3.63) is 29.0 Å². The summed E-state index contributed by atoms with van der Waals surface area (Å²) in [5.74, 6) is -0.0365. The lowest BCUT2D eigenvalue weighted by Gasteiger charge is -2.16. The predicted octanol–water partition coefficient (Wildman–Crippen LogP) is 1.58. The molecule has 0 aliphatic carbocycles. The van der Waals surface area contributed by atoms with Gasteiger partial charge in [-0.15, -0.1) is 0 Å². The zero-order chi connectivity index (χ0) is 10.8. The number of carbonyl (C=O) groups is 1. The van der Waals surface area contributed by atoms with Gasteiger partial charge in [0.15, 0.2) is 5.78 Å². The lowest BCUT2D eigenvalue weighted by atomic mass is 9.95. The van der Waals surface area contributed by atoms with Crippen molar-refractivity contribution < 1.29 is 4.79 Å². The van der Waals surface area contributed by atoms with Crippen molar-refractivity contribution >= 4 is 17.4 Å². The molecule has 4 heteroatoms. The fraction of sp³-hybridized carbons (Fsp3) is 0.400. The van der Waals surface area contributed by atoms with Gasteiger partial charge >= 0.3 is 0 Å². The highest BCUT2D eigenvalue weighted by atomic mass is 35.5. The van der Waals surface area contributed by atoms with Crippen LogP contribution in [0.1, 0.15) is 19.4 Å². The summed E-state index contributed by atoms with van der Waals surface area (Å²) < 4.78 is 0. The molecule has 0 amide bonds. The van der Waals surface area contributed by atoms with E-state index in [1.54, 1.807) is 26.1 Å². The zero-order valence-electron chi connectivity index (χ0n) is 8.25. The van der Waals surface area contributed by atoms with Crippen molar-refractivity contribution in [2.75, 3.05) is 0 Å². The van der Waals surface area contributed by atoms with Gasteiger partial charge in [0.05, 0.1) is 10.6 Å². The van der Waals surface area contributed by atoms with E-state index in [0.29, 0.717) is 5.02 Å². The van der Waals surface area contributed by atoms with Gasteiger partial charge in [-0.2, -0.15) is 0 Å². The Bertz CT molecular complexity index is 344. The summed E-state index contributed by atoms with van der Waals surface area (Å²) in [7, 11) is 0. The van der Waals surface area contributed by atoms with Gasteiger partial charge in [0.25, 0.3) is 0 Å². The second kappa shape index (κ2) is 4.07. The van der Waals surface area contributed by atoms with Crippen LogP contribution in [0.3, 0.4) is 0 Å². The van der Waals surface area contributed by atoms with E-state index in [4.69, 9.17) is 17.3 Å². The molecule has 0 spiro atoms. The molecular formula is C10H13ClN2O. The maximum absolute atomic E-state index is 11.6. The van der Waals surface area contributed by atoms with Crippen LogP contribution in [0.5, 0.6) is 0 Å². The summed E-state index contributed by atoms with van der Waals surface area (Å²) in [6.07, 6.45) is 3.39. The van der Waals surface area contributed by atoms with E-state index in [1.807, 2.05) is 0 Å². The van der Waals surface area contributed by atoms with Gasteiger partial charge in [-0.05, 0) is 25.5 Å². The number of pyridine rings is 1. The normalized spacial score (nSPS) is 11.4. The van der Waals surface area contributed by atoms with Gasteiger partial charge in [0.2, 0.25) is 0 Å². The number of nitrogens with two attached hydrogens (primary N) is 1. The van der Waals surface area contributed by atoms with Gasteiger partial charge in [-0.1, -0.05) is 11.6 Å². The van der Waals surface area contributed by atoms with Crippen LogP contribution in [0.2, 0.25) is 5.02 Å². The Kier molecular flexibility index (Phi) is 3.24. The van der Waals surface area contributed by atoms with Crippen molar-refractivity contribution in [3.63, 3.8) is 0 Å². The van der Waals surface area contributed by atoms with Crippen LogP contribution in [-0.2, 0) is 11.2 Å². The average molecular weight is 213 g/mol. The van der Waals surface area contributed by atoms with Crippen molar-refractivity contribution in [2.24, 2.45) is 5.73 Å². The molecule has 0 aromatic carbocycles. The Labute approximate surface area is 88.3 Å². The average Bonchev–Trinajstić information content (AvgIpc) is 2.07. The Hall–Kier alpha value is -0.930. The fourth-order valence-electron chi connectivity index (χ4n) is 0.948. The number of aromatic nitrogens is 1. The van der Waals surface area contributed by atoms with E-state index in [-0.39, 0.29) is 12.2 Å². The molecule has 0 fully saturated rings. The highest BCUT2D eigenvalue weighted by Crippen LogP contribution is 2.16. The molecule has 14 heavy (non-hydrogen) atoms. The summed E-state index contributed by atoms with van der Waals surface area (Å²) in [6.45, 7) is 3.37. The summed E-state index contributed by atoms with van der Waals surface area (Å²) in [4.78, 5) is 15.4. The molecule has 0 saturated heterocycles. The molecule has 0 aliphatic rings. The molecule has 1 aromatic heterocycles. The first kappa shape index (κ1) is 11.1. The number of carbonyl (C=O) groups excluding carboxylic acids is 1. The third kappa shape index (κ3) is 2.79. The van der Waals surface area contributed by atoms with E-state index >= 15 is 0 Å². The maximum Gasteiger partial charge on any atom is 0.156 e. The predicted molar refractivity (Wildman–Crippen MR) is 56.2 cm³/mol. The number of rotatable bonds is 3. The van der Waals surface area contributed by atoms with E-state index < -0.39 is 5.54 Å². The van der Waals surface area contributed by atoms with E-state index in [9.17, 15) is 4.79 Å². The first-order valence-electron chi connectivity index (χ1n) is 4.32. The number of Topliss-reactive ketones (excluding diaryl/α,β-unsaturated/α-hetero) is 1. The minimum atomic E-state index is -0.813. The van der Waals surface area contributed by atoms with E-state index in [0.717, 1.165) is 5.56 Å². The molecule has 76 valence electrons. The molecule has 3 nitrogen and oxygen atoms in total. The van der Waals surface area contributed by atoms with Gasteiger partial charge < -0.3 is 5.73 Å². The number of hydrogen-bond acceptors (Lipinski definition) is 3. The standard InChI is InChI=1S/C10H13ClN2O/c1-10(2,12)9(14)5-7-3-4-13-6-8(7)11/h3-4,6H,5,12H2,1-2H3. The molecule has 0 aliphatic heterocycles. The van der Waals surface area contributed by atoms with Crippen LogP contribution < -0.4 is 5.73 Å². The zero-order valence-corrected chi connectivity index (χ0v) is 9.01. The number of halogens is 1. The van der Waals surface area contributed by atoms with Crippen LogP contribution in [0.25, 0.3) is 0 Å². The molecule has 1 rings (SSSR count). The Morgan fingerprint density at radius 2 is 2.29 bits per heavy atom. The highest BCUT2D eigenvalue weighted by Gasteiger charge is 2.22. The van der Waals surface area contributed by atoms with Crippen molar-refractivity contribution in [1.82, 2.24) is 4.98 Å². The quantitative estimate of drug-likeness (QED) is 0.828. The Morgan fingerprint density at radius 1 is 1.64 bits per heavy atom. The number of ketones is 1. The second-order valence-corrected chi connectivity index (χ2v) is 4.20. The molecule has 0 bridgehead atoms. The highest BCUT2D eigenvalue weighted by molar-refractivity contribution is 6.31. The van der Waals surface area contributed by atoms with E-state index in [1.165, 1.54) is 6.20 Å². The lowest BCUT2D eigenvalue weighted by molar-refractivity contribution is -0.122. The minimum Gasteiger partial charge on any atom is -0.319 e. The van der Waals surface area contributed by atoms with Crippen LogP contribution in [0.4, 0.5) is 0 Å². The van der Waals surface area contributed by atoms with Crippen molar-refractivity contribution in [1.29, 1.82) is 0 Å². The van der Waals surface area contributed by atoms with Crippen LogP contribution in [0, 0.1) is 0 Å². The summed E-state index contributed by atoms with van der Waals surface area (Å²) >= 11 is 5.86. The second-order valence-electron chi connectivity index (χ2n) is 3.79. The molecule has 1 aromatic rings. The lowest BCUT2D eigenvalue weighted by Crippen LogP contribution is -2.42. The third-order valence-corrected chi connectivity index (χ3v) is 2.27. The van der Waals surface area contributed by atoms with Gasteiger partial charge in [-0.3, -0.25) is 9.78 Å². The number of nitrogens with zero attached hydrogens (tertiary/aromatic N) is 1. The molecule has 2 N–H and O–H groups in total. The van der Waals surface area contributed by atoms with E-state index in [2.05, 4.69) is 4.98 Å². The van der Waals surface area contributed by atoms with Crippen LogP contribution >= 0.6 is 11.6 Å². The van der Waals surface area contributed by atoms with Gasteiger partial charge in [0, 0.05) is 18.8 Å². The van der Waals surface area contributed by atoms with Crippen LogP contribution in [-0.4, -0.2) is 16.3 Å². The Balaban J connectivity index is 2.80. The molecular weight excluding hydrogens is 200 g/mol. The summed E-state index contributed by atoms with van der Waals surface area (Å²) in [5.41, 5.74) is 5.62. The monoisotopic (exact) mass is 212 g/mol. The first-order chi connectivity index (χ1) is 6.41. The van der Waals surface area contributed by atoms with Gasteiger partial charge in [0.1, 0.15) is 0 Å². The minimum absolute atomic E-state index is 0.0365. The third-order valence-electron chi connectivity index (χ3n) is 1.93. The summed E-state index contributed by atoms with van der Waals surface area (Å²) in [5, 5.41) is 0.505. The molecule has 0 saturated carbocycles. The smallest absolute Gasteiger partial charge is 0.156 e. The Morgan fingerprint density at radius 3 is 2.79 bits per heavy atom. The van der Waals surface area contributed by atoms with Crippen molar-refractivity contribution in [2.45, 2.75) is 25.8 Å². The number of hydrogen-bond donors (Lipinski definition) is 1. The molecule has 0 radical (unpaired) electrons. The molecule has 0 atom stereocenters. The molecule has 0 unspecified atom stereocenters. The SMILES string of the molecule is CC(C)(N)C(=O)Cc1ccncc1Cl. The molecule has 1 heterocycles. The topological polar surface area (TPSA) is 56.0 Å². The van der Waals surface area contributed by atoms with Crippen LogP contribution in [0.15, 0.2) is 18.5 Å².